The van der Waals surface area contributed by atoms with Gasteiger partial charge in [-0.3, -0.25) is 4.90 Å². The van der Waals surface area contributed by atoms with Gasteiger partial charge >= 0.3 is 0 Å². The van der Waals surface area contributed by atoms with Crippen molar-refractivity contribution < 1.29 is 9.52 Å². The molecule has 0 aliphatic carbocycles. The molecule has 0 radical (unpaired) electrons. The maximum atomic E-state index is 9.42. The SMILES string of the molecule is C[C@@H]1CC[C@@H](c2ccoc2)N2C[C@H](CO)CC[C@@H]12. The number of hydrogen-bond donors (Lipinski definition) is 1. The van der Waals surface area contributed by atoms with Gasteiger partial charge in [-0.1, -0.05) is 6.92 Å². The van der Waals surface area contributed by atoms with E-state index in [0.29, 0.717) is 24.6 Å². The van der Waals surface area contributed by atoms with Gasteiger partial charge in [0.2, 0.25) is 0 Å². The molecule has 1 aromatic heterocycles. The molecule has 3 nitrogen and oxygen atoms in total. The van der Waals surface area contributed by atoms with Gasteiger partial charge in [0.15, 0.2) is 0 Å². The smallest absolute Gasteiger partial charge is 0.0950 e. The predicted molar refractivity (Wildman–Crippen MR) is 70.2 cm³/mol. The lowest BCUT2D eigenvalue weighted by Gasteiger charge is -2.50. The van der Waals surface area contributed by atoms with E-state index in [-0.39, 0.29) is 0 Å². The summed E-state index contributed by atoms with van der Waals surface area (Å²) >= 11 is 0. The Labute approximate surface area is 109 Å². The minimum absolute atomic E-state index is 0.329. The van der Waals surface area contributed by atoms with Gasteiger partial charge in [0, 0.05) is 30.8 Å². The Kier molecular flexibility index (Phi) is 3.44. The Balaban J connectivity index is 1.82. The standard InChI is InChI=1S/C15H23NO2/c1-11-2-4-15(13-6-7-18-10-13)16-8-12(9-17)3-5-14(11)16/h6-7,10-12,14-15,17H,2-5,8-9H2,1H3/t11-,12-,14+,15+/m1/s1. The molecule has 18 heavy (non-hydrogen) atoms. The van der Waals surface area contributed by atoms with Crippen LogP contribution in [0.5, 0.6) is 0 Å². The molecule has 0 unspecified atom stereocenters. The second kappa shape index (κ2) is 5.06. The van der Waals surface area contributed by atoms with Crippen molar-refractivity contribution in [3.8, 4) is 0 Å². The summed E-state index contributed by atoms with van der Waals surface area (Å²) < 4.78 is 5.25. The summed E-state index contributed by atoms with van der Waals surface area (Å²) in [6, 6.07) is 3.29. The third-order valence-electron chi connectivity index (χ3n) is 4.90. The van der Waals surface area contributed by atoms with Gasteiger partial charge in [0.05, 0.1) is 12.5 Å². The van der Waals surface area contributed by atoms with Crippen LogP contribution in [0.1, 0.15) is 44.2 Å². The van der Waals surface area contributed by atoms with E-state index in [1.165, 1.54) is 31.2 Å². The molecule has 100 valence electrons. The van der Waals surface area contributed by atoms with E-state index >= 15 is 0 Å². The van der Waals surface area contributed by atoms with Crippen molar-refractivity contribution in [2.75, 3.05) is 13.2 Å². The minimum atomic E-state index is 0.329. The van der Waals surface area contributed by atoms with Crippen LogP contribution in [0.25, 0.3) is 0 Å². The van der Waals surface area contributed by atoms with Gasteiger partial charge in [-0.2, -0.15) is 0 Å². The van der Waals surface area contributed by atoms with Crippen LogP contribution in [-0.4, -0.2) is 29.2 Å². The number of piperidine rings is 2. The molecule has 0 spiro atoms. The molecule has 0 bridgehead atoms. The zero-order chi connectivity index (χ0) is 12.5. The molecular formula is C15H23NO2. The highest BCUT2D eigenvalue weighted by Crippen LogP contribution is 2.42. The van der Waals surface area contributed by atoms with Gasteiger partial charge in [0.25, 0.3) is 0 Å². The topological polar surface area (TPSA) is 36.6 Å². The Bertz CT molecular complexity index is 376. The number of hydrogen-bond acceptors (Lipinski definition) is 3. The number of fused-ring (bicyclic) bond motifs is 1. The highest BCUT2D eigenvalue weighted by atomic mass is 16.3. The summed E-state index contributed by atoms with van der Waals surface area (Å²) in [7, 11) is 0. The third-order valence-corrected chi connectivity index (χ3v) is 4.90. The lowest BCUT2D eigenvalue weighted by Crippen LogP contribution is -2.51. The zero-order valence-corrected chi connectivity index (χ0v) is 11.1. The Morgan fingerprint density at radius 1 is 1.33 bits per heavy atom. The van der Waals surface area contributed by atoms with E-state index < -0.39 is 0 Å². The van der Waals surface area contributed by atoms with Gasteiger partial charge in [-0.05, 0) is 43.6 Å². The molecule has 3 rings (SSSR count). The highest BCUT2D eigenvalue weighted by molar-refractivity contribution is 5.14. The molecule has 1 N–H and O–H groups in total. The molecule has 4 atom stereocenters. The fraction of sp³-hybridized carbons (Fsp3) is 0.733. The van der Waals surface area contributed by atoms with Crippen molar-refractivity contribution in [2.24, 2.45) is 11.8 Å². The van der Waals surface area contributed by atoms with Crippen molar-refractivity contribution in [2.45, 2.75) is 44.7 Å². The fourth-order valence-corrected chi connectivity index (χ4v) is 3.82. The number of rotatable bonds is 2. The quantitative estimate of drug-likeness (QED) is 0.875. The molecule has 2 aliphatic rings. The summed E-state index contributed by atoms with van der Waals surface area (Å²) in [6.07, 6.45) is 8.60. The van der Waals surface area contributed by atoms with Crippen LogP contribution in [0.15, 0.2) is 23.0 Å². The molecule has 0 aromatic carbocycles. The van der Waals surface area contributed by atoms with Crippen LogP contribution in [0, 0.1) is 11.8 Å². The monoisotopic (exact) mass is 249 g/mol. The second-order valence-corrected chi connectivity index (χ2v) is 6.02. The number of aliphatic hydroxyl groups is 1. The second-order valence-electron chi connectivity index (χ2n) is 6.02. The summed E-state index contributed by atoms with van der Waals surface area (Å²) in [5, 5.41) is 9.42. The van der Waals surface area contributed by atoms with Crippen LogP contribution in [-0.2, 0) is 0 Å². The normalized spacial score (nSPS) is 37.4. The molecule has 3 heterocycles. The average molecular weight is 249 g/mol. The zero-order valence-electron chi connectivity index (χ0n) is 11.1. The van der Waals surface area contributed by atoms with Gasteiger partial charge in [-0.15, -0.1) is 0 Å². The van der Waals surface area contributed by atoms with Crippen LogP contribution in [0.2, 0.25) is 0 Å². The molecular weight excluding hydrogens is 226 g/mol. The fourth-order valence-electron chi connectivity index (χ4n) is 3.82. The molecule has 3 heteroatoms. The first kappa shape index (κ1) is 12.2. The van der Waals surface area contributed by atoms with E-state index in [1.54, 1.807) is 6.26 Å². The average Bonchev–Trinajstić information content (AvgIpc) is 2.92. The molecule has 2 saturated heterocycles. The maximum Gasteiger partial charge on any atom is 0.0950 e. The Morgan fingerprint density at radius 3 is 2.94 bits per heavy atom. The maximum absolute atomic E-state index is 9.42. The summed E-state index contributed by atoms with van der Waals surface area (Å²) in [4.78, 5) is 2.63. The number of nitrogens with zero attached hydrogens (tertiary/aromatic N) is 1. The Morgan fingerprint density at radius 2 is 2.22 bits per heavy atom. The van der Waals surface area contributed by atoms with E-state index in [9.17, 15) is 5.11 Å². The van der Waals surface area contributed by atoms with Crippen molar-refractivity contribution in [3.05, 3.63) is 24.2 Å². The minimum Gasteiger partial charge on any atom is -0.472 e. The predicted octanol–water partition coefficient (Wildman–Crippen LogP) is 2.82. The van der Waals surface area contributed by atoms with E-state index in [0.717, 1.165) is 12.5 Å². The lowest BCUT2D eigenvalue weighted by molar-refractivity contribution is -0.0163. The summed E-state index contributed by atoms with van der Waals surface area (Å²) in [6.45, 7) is 3.75. The lowest BCUT2D eigenvalue weighted by atomic mass is 9.78. The summed E-state index contributed by atoms with van der Waals surface area (Å²) in [5.74, 6) is 1.24. The van der Waals surface area contributed by atoms with E-state index in [1.807, 2.05) is 6.26 Å². The first-order chi connectivity index (χ1) is 8.79. The van der Waals surface area contributed by atoms with Crippen molar-refractivity contribution in [1.29, 1.82) is 0 Å². The summed E-state index contributed by atoms with van der Waals surface area (Å²) in [5.41, 5.74) is 1.31. The van der Waals surface area contributed by atoms with Gasteiger partial charge in [-0.25, -0.2) is 0 Å². The molecule has 0 saturated carbocycles. The van der Waals surface area contributed by atoms with Crippen molar-refractivity contribution in [3.63, 3.8) is 0 Å². The van der Waals surface area contributed by atoms with Gasteiger partial charge in [0.1, 0.15) is 0 Å². The van der Waals surface area contributed by atoms with Crippen molar-refractivity contribution in [1.82, 2.24) is 4.90 Å². The van der Waals surface area contributed by atoms with Crippen molar-refractivity contribution >= 4 is 0 Å². The van der Waals surface area contributed by atoms with Gasteiger partial charge < -0.3 is 9.52 Å². The van der Waals surface area contributed by atoms with Crippen LogP contribution in [0.3, 0.4) is 0 Å². The molecule has 2 fully saturated rings. The van der Waals surface area contributed by atoms with E-state index in [2.05, 4.69) is 17.9 Å². The number of furan rings is 1. The third kappa shape index (κ3) is 2.10. The van der Waals surface area contributed by atoms with E-state index in [4.69, 9.17) is 4.42 Å². The molecule has 1 aromatic rings. The largest absolute Gasteiger partial charge is 0.472 e. The first-order valence-electron chi connectivity index (χ1n) is 7.18. The highest BCUT2D eigenvalue weighted by Gasteiger charge is 2.39. The van der Waals surface area contributed by atoms with Crippen LogP contribution in [0.4, 0.5) is 0 Å². The first-order valence-corrected chi connectivity index (χ1v) is 7.18. The number of aliphatic hydroxyl groups excluding tert-OH is 1. The van der Waals surface area contributed by atoms with Crippen LogP contribution >= 0.6 is 0 Å². The Hall–Kier alpha value is -0.800. The molecule has 2 aliphatic heterocycles. The van der Waals surface area contributed by atoms with Crippen LogP contribution < -0.4 is 0 Å². The molecule has 0 amide bonds.